The first-order valence-corrected chi connectivity index (χ1v) is 12.3. The lowest BCUT2D eigenvalue weighted by Crippen LogP contribution is -2.48. The zero-order valence-electron chi connectivity index (χ0n) is 17.4. The molecule has 0 unspecified atom stereocenters. The molecule has 3 aromatic heterocycles. The Kier molecular flexibility index (Phi) is 6.63. The van der Waals surface area contributed by atoms with Crippen LogP contribution in [0.25, 0.3) is 0 Å². The second kappa shape index (κ2) is 9.59. The van der Waals surface area contributed by atoms with E-state index in [4.69, 9.17) is 0 Å². The van der Waals surface area contributed by atoms with Crippen LogP contribution in [0.5, 0.6) is 0 Å². The number of carbonyl (C=O) groups excluding carboxylic acids is 1. The van der Waals surface area contributed by atoms with Gasteiger partial charge in [-0.3, -0.25) is 9.78 Å². The highest BCUT2D eigenvalue weighted by atomic mass is 32.2. The van der Waals surface area contributed by atoms with E-state index in [-0.39, 0.29) is 10.1 Å². The van der Waals surface area contributed by atoms with Gasteiger partial charge in [0.15, 0.2) is 11.6 Å². The number of nitrogens with one attached hydrogen (secondary N) is 2. The first kappa shape index (κ1) is 22.1. The minimum absolute atomic E-state index is 0.150. The summed E-state index contributed by atoms with van der Waals surface area (Å²) in [6.45, 7) is 3.53. The van der Waals surface area contributed by atoms with Crippen LogP contribution in [-0.2, 0) is 21.4 Å². The zero-order chi connectivity index (χ0) is 22.6. The molecule has 0 aromatic carbocycles. The molecule has 12 heteroatoms. The summed E-state index contributed by atoms with van der Waals surface area (Å²) in [5.41, 5.74) is 0.870. The smallest absolute Gasteiger partial charge is 0.252 e. The molecule has 2 N–H and O–H groups in total. The van der Waals surface area contributed by atoms with Crippen LogP contribution in [0.1, 0.15) is 11.8 Å². The second-order valence-electron chi connectivity index (χ2n) is 7.16. The van der Waals surface area contributed by atoms with E-state index in [2.05, 4.69) is 25.8 Å². The van der Waals surface area contributed by atoms with E-state index in [9.17, 15) is 13.2 Å². The van der Waals surface area contributed by atoms with Crippen molar-refractivity contribution in [3.05, 3.63) is 53.7 Å². The highest BCUT2D eigenvalue weighted by molar-refractivity contribution is 7.91. The zero-order valence-corrected chi connectivity index (χ0v) is 19.1. The van der Waals surface area contributed by atoms with Gasteiger partial charge < -0.3 is 15.5 Å². The number of piperazine rings is 1. The fraction of sp³-hybridized carbons (Fsp3) is 0.300. The number of sulfonamides is 1. The average molecular weight is 474 g/mol. The maximum atomic E-state index is 13.0. The summed E-state index contributed by atoms with van der Waals surface area (Å²) >= 11 is 1.18. The number of thiophene rings is 1. The lowest BCUT2D eigenvalue weighted by atomic mass is 10.3. The first-order chi connectivity index (χ1) is 15.4. The van der Waals surface area contributed by atoms with Gasteiger partial charge in [0.2, 0.25) is 5.91 Å². The van der Waals surface area contributed by atoms with Gasteiger partial charge in [-0.15, -0.1) is 21.5 Å². The van der Waals surface area contributed by atoms with E-state index in [1.54, 1.807) is 24.5 Å². The van der Waals surface area contributed by atoms with Crippen molar-refractivity contribution in [1.82, 2.24) is 24.8 Å². The normalized spacial score (nSPS) is 14.8. The van der Waals surface area contributed by atoms with Gasteiger partial charge in [0.25, 0.3) is 10.0 Å². The predicted molar refractivity (Wildman–Crippen MR) is 122 cm³/mol. The molecule has 32 heavy (non-hydrogen) atoms. The summed E-state index contributed by atoms with van der Waals surface area (Å²) in [6, 6.07) is 10.7. The standard InChI is InChI=1S/C20H23N7O3S2/c1-15(28)22-14-17-2-5-20(31-17)32(29,30)27-12-10-26(11-13-27)19-4-3-18(24-25-19)23-16-6-8-21-9-7-16/h2-9H,10-14H2,1H3,(H,22,28)(H,21,23,24). The molecule has 0 atom stereocenters. The van der Waals surface area contributed by atoms with E-state index >= 15 is 0 Å². The van der Waals surface area contributed by atoms with Crippen molar-refractivity contribution in [3.8, 4) is 0 Å². The molecule has 1 aliphatic rings. The van der Waals surface area contributed by atoms with Gasteiger partial charge in [-0.1, -0.05) is 0 Å². The van der Waals surface area contributed by atoms with Crippen molar-refractivity contribution < 1.29 is 13.2 Å². The molecule has 3 aromatic rings. The lowest BCUT2D eigenvalue weighted by Gasteiger charge is -2.34. The molecular weight excluding hydrogens is 450 g/mol. The summed E-state index contributed by atoms with van der Waals surface area (Å²) in [5, 5.41) is 14.3. The number of amides is 1. The van der Waals surface area contributed by atoms with Gasteiger partial charge >= 0.3 is 0 Å². The van der Waals surface area contributed by atoms with Crippen LogP contribution in [0.15, 0.2) is 53.0 Å². The third kappa shape index (κ3) is 5.21. The van der Waals surface area contributed by atoms with E-state index in [1.165, 1.54) is 22.6 Å². The monoisotopic (exact) mass is 473 g/mol. The average Bonchev–Trinajstić information content (AvgIpc) is 3.29. The van der Waals surface area contributed by atoms with Crippen molar-refractivity contribution in [2.75, 3.05) is 36.4 Å². The lowest BCUT2D eigenvalue weighted by molar-refractivity contribution is -0.119. The van der Waals surface area contributed by atoms with Crippen LogP contribution in [0.3, 0.4) is 0 Å². The fourth-order valence-electron chi connectivity index (χ4n) is 3.23. The summed E-state index contributed by atoms with van der Waals surface area (Å²) in [4.78, 5) is 17.9. The quantitative estimate of drug-likeness (QED) is 0.533. The Morgan fingerprint density at radius 1 is 1.03 bits per heavy atom. The van der Waals surface area contributed by atoms with Crippen LogP contribution >= 0.6 is 11.3 Å². The Labute approximate surface area is 190 Å². The van der Waals surface area contributed by atoms with Gasteiger partial charge in [0.1, 0.15) is 4.21 Å². The number of pyridine rings is 1. The molecule has 0 radical (unpaired) electrons. The molecule has 1 aliphatic heterocycles. The minimum Gasteiger partial charge on any atom is -0.352 e. The van der Waals surface area contributed by atoms with Crippen molar-refractivity contribution >= 4 is 44.6 Å². The molecule has 1 amide bonds. The molecule has 0 aliphatic carbocycles. The summed E-state index contributed by atoms with van der Waals surface area (Å²) < 4.78 is 27.8. The van der Waals surface area contributed by atoms with Crippen LogP contribution < -0.4 is 15.5 Å². The highest BCUT2D eigenvalue weighted by Gasteiger charge is 2.30. The van der Waals surface area contributed by atoms with Crippen molar-refractivity contribution in [2.45, 2.75) is 17.7 Å². The van der Waals surface area contributed by atoms with Crippen LogP contribution in [-0.4, -0.2) is 60.0 Å². The van der Waals surface area contributed by atoms with Gasteiger partial charge in [-0.25, -0.2) is 8.42 Å². The molecule has 4 rings (SSSR count). The molecule has 4 heterocycles. The van der Waals surface area contributed by atoms with Gasteiger partial charge in [-0.2, -0.15) is 4.31 Å². The Morgan fingerprint density at radius 3 is 2.44 bits per heavy atom. The summed E-state index contributed by atoms with van der Waals surface area (Å²) in [7, 11) is -3.57. The molecule has 0 spiro atoms. The summed E-state index contributed by atoms with van der Waals surface area (Å²) in [6.07, 6.45) is 3.38. The first-order valence-electron chi connectivity index (χ1n) is 10.0. The van der Waals surface area contributed by atoms with E-state index < -0.39 is 10.0 Å². The molecule has 1 fully saturated rings. The number of hydrogen-bond acceptors (Lipinski definition) is 9. The van der Waals surface area contributed by atoms with E-state index in [1.807, 2.05) is 29.2 Å². The number of hydrogen-bond donors (Lipinski definition) is 2. The predicted octanol–water partition coefficient (Wildman–Crippen LogP) is 1.82. The van der Waals surface area contributed by atoms with Crippen LogP contribution in [0.4, 0.5) is 17.3 Å². The number of rotatable bonds is 7. The number of nitrogens with zero attached hydrogens (tertiary/aromatic N) is 5. The molecule has 1 saturated heterocycles. The number of anilines is 3. The fourth-order valence-corrected chi connectivity index (χ4v) is 6.10. The van der Waals surface area contributed by atoms with E-state index in [0.29, 0.717) is 44.4 Å². The van der Waals surface area contributed by atoms with Gasteiger partial charge in [-0.05, 0) is 36.4 Å². The molecule has 0 saturated carbocycles. The Morgan fingerprint density at radius 2 is 1.78 bits per heavy atom. The van der Waals surface area contributed by atoms with Crippen molar-refractivity contribution in [2.24, 2.45) is 0 Å². The topological polar surface area (TPSA) is 120 Å². The SMILES string of the molecule is CC(=O)NCc1ccc(S(=O)(=O)N2CCN(c3ccc(Nc4ccncc4)nn3)CC2)s1. The molecule has 168 valence electrons. The third-order valence-corrected chi connectivity index (χ3v) is 8.36. The third-order valence-electron chi connectivity index (χ3n) is 4.91. The molecule has 0 bridgehead atoms. The van der Waals surface area contributed by atoms with Crippen LogP contribution in [0, 0.1) is 0 Å². The number of aromatic nitrogens is 3. The maximum absolute atomic E-state index is 13.0. The van der Waals surface area contributed by atoms with Gasteiger partial charge in [0, 0.05) is 56.1 Å². The molecule has 10 nitrogen and oxygen atoms in total. The minimum atomic E-state index is -3.57. The highest BCUT2D eigenvalue weighted by Crippen LogP contribution is 2.26. The Balaban J connectivity index is 1.35. The largest absolute Gasteiger partial charge is 0.352 e. The van der Waals surface area contributed by atoms with E-state index in [0.717, 1.165) is 10.6 Å². The summed E-state index contributed by atoms with van der Waals surface area (Å²) in [5.74, 6) is 1.17. The number of carbonyl (C=O) groups is 1. The Bertz CT molecular complexity index is 1160. The Hall–Kier alpha value is -3.09. The van der Waals surface area contributed by atoms with Crippen molar-refractivity contribution in [1.29, 1.82) is 0 Å². The van der Waals surface area contributed by atoms with Crippen LogP contribution in [0.2, 0.25) is 0 Å². The van der Waals surface area contributed by atoms with Gasteiger partial charge in [0.05, 0.1) is 6.54 Å². The second-order valence-corrected chi connectivity index (χ2v) is 10.5. The maximum Gasteiger partial charge on any atom is 0.252 e. The van der Waals surface area contributed by atoms with Crippen molar-refractivity contribution in [3.63, 3.8) is 0 Å². The molecular formula is C20H23N7O3S2.